The summed E-state index contributed by atoms with van der Waals surface area (Å²) in [5, 5.41) is 2.53. The number of hydrogen-bond acceptors (Lipinski definition) is 4. The highest BCUT2D eigenvalue weighted by molar-refractivity contribution is 7.87. The first-order valence-electron chi connectivity index (χ1n) is 7.71. The molecule has 1 fully saturated rings. The Morgan fingerprint density at radius 2 is 1.73 bits per heavy atom. The molecule has 8 heteroatoms. The lowest BCUT2D eigenvalue weighted by Gasteiger charge is -2.33. The summed E-state index contributed by atoms with van der Waals surface area (Å²) in [6, 6.07) is 0. The Kier molecular flexibility index (Phi) is 6.64. The van der Waals surface area contributed by atoms with Gasteiger partial charge in [0.1, 0.15) is 5.60 Å². The van der Waals surface area contributed by atoms with Crippen molar-refractivity contribution in [2.75, 3.05) is 26.2 Å². The normalized spacial score (nSPS) is 24.0. The van der Waals surface area contributed by atoms with Crippen LogP contribution in [0.1, 0.15) is 41.0 Å². The third-order valence-corrected chi connectivity index (χ3v) is 4.80. The van der Waals surface area contributed by atoms with Crippen molar-refractivity contribution in [1.29, 1.82) is 0 Å². The van der Waals surface area contributed by atoms with Crippen molar-refractivity contribution < 1.29 is 17.9 Å². The third kappa shape index (κ3) is 6.93. The number of nitrogens with one attached hydrogen (secondary N) is 2. The van der Waals surface area contributed by atoms with Gasteiger partial charge in [-0.3, -0.25) is 0 Å². The van der Waals surface area contributed by atoms with E-state index in [1.54, 1.807) is 20.8 Å². The molecule has 0 aromatic carbocycles. The summed E-state index contributed by atoms with van der Waals surface area (Å²) in [5.74, 6) is 0.723. The molecule has 0 aromatic rings. The molecule has 130 valence electrons. The van der Waals surface area contributed by atoms with E-state index in [-0.39, 0.29) is 13.1 Å². The smallest absolute Gasteiger partial charge is 0.407 e. The Bertz CT molecular complexity index is 463. The zero-order chi connectivity index (χ0) is 17.0. The van der Waals surface area contributed by atoms with Crippen molar-refractivity contribution in [3.05, 3.63) is 0 Å². The number of carbonyl (C=O) groups excluding carboxylic acids is 1. The lowest BCUT2D eigenvalue weighted by Crippen LogP contribution is -2.49. The van der Waals surface area contributed by atoms with Crippen LogP contribution in [0, 0.1) is 11.8 Å². The lowest BCUT2D eigenvalue weighted by atomic mass is 9.94. The van der Waals surface area contributed by atoms with Crippen LogP contribution in [0.3, 0.4) is 0 Å². The zero-order valence-electron chi connectivity index (χ0n) is 14.2. The first-order valence-corrected chi connectivity index (χ1v) is 9.15. The van der Waals surface area contributed by atoms with Gasteiger partial charge in [0.2, 0.25) is 0 Å². The topological polar surface area (TPSA) is 87.7 Å². The van der Waals surface area contributed by atoms with Crippen LogP contribution in [0.15, 0.2) is 0 Å². The van der Waals surface area contributed by atoms with Gasteiger partial charge in [0.25, 0.3) is 10.2 Å². The first kappa shape index (κ1) is 19.2. The van der Waals surface area contributed by atoms with E-state index < -0.39 is 21.9 Å². The molecule has 0 unspecified atom stereocenters. The van der Waals surface area contributed by atoms with Crippen LogP contribution in [0.25, 0.3) is 0 Å². The van der Waals surface area contributed by atoms with Gasteiger partial charge in [-0.1, -0.05) is 13.8 Å². The van der Waals surface area contributed by atoms with Crippen LogP contribution >= 0.6 is 0 Å². The largest absolute Gasteiger partial charge is 0.444 e. The standard InChI is InChI=1S/C14H29N3O4S/c1-11-8-12(2)10-17(9-11)22(19,20)16-7-6-15-13(18)21-14(3,4)5/h11-12,16H,6-10H2,1-5H3,(H,15,18)/t11-,12-/m1/s1. The molecule has 1 saturated heterocycles. The summed E-state index contributed by atoms with van der Waals surface area (Å²) in [5.41, 5.74) is -0.566. The second-order valence-electron chi connectivity index (χ2n) is 7.09. The van der Waals surface area contributed by atoms with Gasteiger partial charge < -0.3 is 10.1 Å². The SMILES string of the molecule is C[C@@H]1C[C@@H](C)CN(S(=O)(=O)NCCNC(=O)OC(C)(C)C)C1. The Morgan fingerprint density at radius 1 is 1.18 bits per heavy atom. The number of nitrogens with zero attached hydrogens (tertiary/aromatic N) is 1. The van der Waals surface area contributed by atoms with E-state index >= 15 is 0 Å². The maximum Gasteiger partial charge on any atom is 0.407 e. The van der Waals surface area contributed by atoms with Gasteiger partial charge in [-0.2, -0.15) is 12.7 Å². The van der Waals surface area contributed by atoms with Crippen molar-refractivity contribution in [2.45, 2.75) is 46.6 Å². The molecular formula is C14H29N3O4S. The van der Waals surface area contributed by atoms with Gasteiger partial charge in [0, 0.05) is 26.2 Å². The summed E-state index contributed by atoms with van der Waals surface area (Å²) in [7, 11) is -3.49. The van der Waals surface area contributed by atoms with Crippen LogP contribution in [-0.2, 0) is 14.9 Å². The molecule has 0 aromatic heterocycles. The van der Waals surface area contributed by atoms with Crippen molar-refractivity contribution in [3.8, 4) is 0 Å². The molecule has 0 saturated carbocycles. The number of ether oxygens (including phenoxy) is 1. The van der Waals surface area contributed by atoms with E-state index in [1.807, 2.05) is 0 Å². The zero-order valence-corrected chi connectivity index (χ0v) is 15.0. The molecule has 1 heterocycles. The molecule has 1 amide bonds. The van der Waals surface area contributed by atoms with Gasteiger partial charge >= 0.3 is 6.09 Å². The van der Waals surface area contributed by atoms with E-state index in [4.69, 9.17) is 4.74 Å². The van der Waals surface area contributed by atoms with Gasteiger partial charge in [0.05, 0.1) is 0 Å². The fourth-order valence-electron chi connectivity index (χ4n) is 2.55. The van der Waals surface area contributed by atoms with E-state index in [9.17, 15) is 13.2 Å². The van der Waals surface area contributed by atoms with Crippen LogP contribution in [0.5, 0.6) is 0 Å². The van der Waals surface area contributed by atoms with Crippen LogP contribution in [-0.4, -0.2) is 50.6 Å². The van der Waals surface area contributed by atoms with Crippen molar-refractivity contribution in [2.24, 2.45) is 11.8 Å². The molecule has 2 N–H and O–H groups in total. The Hall–Kier alpha value is -0.860. The van der Waals surface area contributed by atoms with Crippen LogP contribution < -0.4 is 10.0 Å². The van der Waals surface area contributed by atoms with E-state index in [0.717, 1.165) is 6.42 Å². The Labute approximate surface area is 134 Å². The third-order valence-electron chi connectivity index (χ3n) is 3.25. The van der Waals surface area contributed by atoms with Crippen LogP contribution in [0.4, 0.5) is 4.79 Å². The summed E-state index contributed by atoms with van der Waals surface area (Å²) in [6.07, 6.45) is 0.499. The van der Waals surface area contributed by atoms with Gasteiger partial charge in [0.15, 0.2) is 0 Å². The molecule has 7 nitrogen and oxygen atoms in total. The lowest BCUT2D eigenvalue weighted by molar-refractivity contribution is 0.0529. The van der Waals surface area contributed by atoms with Crippen molar-refractivity contribution in [3.63, 3.8) is 0 Å². The number of carbonyl (C=O) groups is 1. The fraction of sp³-hybridized carbons (Fsp3) is 0.929. The summed E-state index contributed by atoms with van der Waals surface area (Å²) in [4.78, 5) is 11.4. The van der Waals surface area contributed by atoms with Gasteiger partial charge in [-0.05, 0) is 39.0 Å². The number of alkyl carbamates (subject to hydrolysis) is 1. The quantitative estimate of drug-likeness (QED) is 0.742. The maximum absolute atomic E-state index is 12.2. The van der Waals surface area contributed by atoms with Crippen LogP contribution in [0.2, 0.25) is 0 Å². The molecule has 1 rings (SSSR count). The highest BCUT2D eigenvalue weighted by Crippen LogP contribution is 2.22. The highest BCUT2D eigenvalue weighted by atomic mass is 32.2. The van der Waals surface area contributed by atoms with E-state index in [1.165, 1.54) is 4.31 Å². The molecule has 2 atom stereocenters. The Balaban J connectivity index is 2.35. The van der Waals surface area contributed by atoms with E-state index in [2.05, 4.69) is 23.9 Å². The summed E-state index contributed by atoms with van der Waals surface area (Å²) < 4.78 is 33.5. The minimum atomic E-state index is -3.49. The molecular weight excluding hydrogens is 306 g/mol. The summed E-state index contributed by atoms with van der Waals surface area (Å²) >= 11 is 0. The number of hydrogen-bond donors (Lipinski definition) is 2. The molecule has 1 aliphatic rings. The van der Waals surface area contributed by atoms with E-state index in [0.29, 0.717) is 24.9 Å². The number of rotatable bonds is 5. The number of amides is 1. The maximum atomic E-state index is 12.2. The molecule has 0 spiro atoms. The average molecular weight is 335 g/mol. The molecule has 0 aliphatic carbocycles. The first-order chi connectivity index (χ1) is 9.99. The minimum absolute atomic E-state index is 0.140. The number of piperidine rings is 1. The molecule has 0 radical (unpaired) electrons. The summed E-state index contributed by atoms with van der Waals surface area (Å²) in [6.45, 7) is 10.8. The second kappa shape index (κ2) is 7.61. The minimum Gasteiger partial charge on any atom is -0.444 e. The molecule has 22 heavy (non-hydrogen) atoms. The molecule has 1 aliphatic heterocycles. The monoisotopic (exact) mass is 335 g/mol. The van der Waals surface area contributed by atoms with Crippen molar-refractivity contribution >= 4 is 16.3 Å². The van der Waals surface area contributed by atoms with Gasteiger partial charge in [-0.25, -0.2) is 9.52 Å². The fourth-order valence-corrected chi connectivity index (χ4v) is 4.00. The predicted molar refractivity (Wildman–Crippen MR) is 85.7 cm³/mol. The van der Waals surface area contributed by atoms with Gasteiger partial charge in [-0.15, -0.1) is 0 Å². The highest BCUT2D eigenvalue weighted by Gasteiger charge is 2.30. The molecule has 0 bridgehead atoms. The average Bonchev–Trinajstić information content (AvgIpc) is 2.31. The Morgan fingerprint density at radius 3 is 2.23 bits per heavy atom. The second-order valence-corrected chi connectivity index (χ2v) is 8.85. The predicted octanol–water partition coefficient (Wildman–Crippen LogP) is 1.32. The van der Waals surface area contributed by atoms with Crippen molar-refractivity contribution in [1.82, 2.24) is 14.3 Å².